The van der Waals surface area contributed by atoms with Gasteiger partial charge in [0.05, 0.1) is 23.3 Å². The smallest absolute Gasteiger partial charge is 0.287 e. The Labute approximate surface area is 173 Å². The molecule has 0 saturated carbocycles. The van der Waals surface area contributed by atoms with Crippen LogP contribution in [-0.4, -0.2) is 51.3 Å². The van der Waals surface area contributed by atoms with Crippen molar-refractivity contribution >= 4 is 28.8 Å². The first kappa shape index (κ1) is 21.2. The van der Waals surface area contributed by atoms with E-state index in [9.17, 15) is 19.6 Å². The minimum atomic E-state index is -0.836. The highest BCUT2D eigenvalue weighted by atomic mass is 16.2. The monoisotopic (exact) mass is 411 g/mol. The van der Waals surface area contributed by atoms with Gasteiger partial charge in [0, 0.05) is 18.7 Å². The third-order valence-electron chi connectivity index (χ3n) is 4.98. The molecule has 1 saturated heterocycles. The van der Waals surface area contributed by atoms with Gasteiger partial charge in [-0.3, -0.25) is 19.4 Å². The number of nitrogens with zero attached hydrogens (tertiary/aromatic N) is 3. The molecular weight excluding hydrogens is 386 g/mol. The molecule has 0 bridgehead atoms. The van der Waals surface area contributed by atoms with Crippen LogP contribution in [0.15, 0.2) is 18.5 Å². The average Bonchev–Trinajstić information content (AvgIpc) is 3.32. The average molecular weight is 411 g/mol. The van der Waals surface area contributed by atoms with E-state index in [1.54, 1.807) is 18.5 Å². The lowest BCUT2D eigenvalue weighted by Crippen LogP contribution is -2.50. The van der Waals surface area contributed by atoms with E-state index in [2.05, 4.69) is 30.9 Å². The van der Waals surface area contributed by atoms with E-state index in [0.29, 0.717) is 30.4 Å². The first-order valence-corrected chi connectivity index (χ1v) is 9.95. The molecule has 158 valence electrons. The maximum atomic E-state index is 12.8. The van der Waals surface area contributed by atoms with Gasteiger partial charge in [-0.1, -0.05) is 13.8 Å². The number of nitrogens with one attached hydrogen (secondary N) is 4. The number of rotatable bonds is 8. The Morgan fingerprint density at radius 2 is 2.17 bits per heavy atom. The standard InChI is InChI=1S/C20H25N7O3/c1-11(2)7-15(19(29)24-13(9-21)8-12-3-6-23-18(12)28)27-20(30)17-25-14-4-5-22-10-16(14)26-17/h4-5,10-13,15H,3,6-8H2,1-2H3,(H,23,28)(H,24,29)(H,25,26)(H,27,30)/t12-,13-,15-/m0/s1. The Morgan fingerprint density at radius 3 is 2.80 bits per heavy atom. The van der Waals surface area contributed by atoms with Crippen LogP contribution >= 0.6 is 0 Å². The molecule has 10 heteroatoms. The number of fused-ring (bicyclic) bond motifs is 1. The summed E-state index contributed by atoms with van der Waals surface area (Å²) >= 11 is 0. The molecule has 30 heavy (non-hydrogen) atoms. The van der Waals surface area contributed by atoms with Crippen LogP contribution in [0.5, 0.6) is 0 Å². The molecule has 1 aliphatic heterocycles. The van der Waals surface area contributed by atoms with Crippen molar-refractivity contribution in [3.05, 3.63) is 24.3 Å². The first-order chi connectivity index (χ1) is 14.4. The Kier molecular flexibility index (Phi) is 6.61. The van der Waals surface area contributed by atoms with E-state index in [-0.39, 0.29) is 30.0 Å². The highest BCUT2D eigenvalue weighted by Crippen LogP contribution is 2.16. The van der Waals surface area contributed by atoms with Crippen LogP contribution in [0.2, 0.25) is 0 Å². The van der Waals surface area contributed by atoms with Crippen LogP contribution in [0.25, 0.3) is 11.0 Å². The second-order valence-electron chi connectivity index (χ2n) is 7.84. The number of H-pyrrole nitrogens is 1. The van der Waals surface area contributed by atoms with Crippen molar-refractivity contribution < 1.29 is 14.4 Å². The number of carbonyl (C=O) groups excluding carboxylic acids is 3. The van der Waals surface area contributed by atoms with E-state index in [1.807, 2.05) is 19.9 Å². The number of amides is 3. The topological polar surface area (TPSA) is 153 Å². The number of nitriles is 1. The summed E-state index contributed by atoms with van der Waals surface area (Å²) < 4.78 is 0. The number of aromatic amines is 1. The van der Waals surface area contributed by atoms with Crippen molar-refractivity contribution in [3.63, 3.8) is 0 Å². The number of pyridine rings is 1. The van der Waals surface area contributed by atoms with E-state index in [4.69, 9.17) is 0 Å². The third-order valence-corrected chi connectivity index (χ3v) is 4.98. The summed E-state index contributed by atoms with van der Waals surface area (Å²) in [5.41, 5.74) is 1.21. The van der Waals surface area contributed by atoms with Crippen molar-refractivity contribution in [2.45, 2.75) is 45.2 Å². The van der Waals surface area contributed by atoms with Crippen molar-refractivity contribution in [3.8, 4) is 6.07 Å². The van der Waals surface area contributed by atoms with Gasteiger partial charge in [-0.2, -0.15) is 5.26 Å². The molecular formula is C20H25N7O3. The first-order valence-electron chi connectivity index (χ1n) is 9.95. The summed E-state index contributed by atoms with van der Waals surface area (Å²) in [5, 5.41) is 17.5. The van der Waals surface area contributed by atoms with Gasteiger partial charge in [-0.25, -0.2) is 4.98 Å². The highest BCUT2D eigenvalue weighted by molar-refractivity contribution is 5.97. The second kappa shape index (κ2) is 9.35. The fourth-order valence-corrected chi connectivity index (χ4v) is 3.46. The van der Waals surface area contributed by atoms with Crippen LogP contribution in [0, 0.1) is 23.2 Å². The molecule has 1 fully saturated rings. The maximum Gasteiger partial charge on any atom is 0.287 e. The van der Waals surface area contributed by atoms with Gasteiger partial charge in [0.25, 0.3) is 5.91 Å². The molecule has 3 atom stereocenters. The normalized spacial score (nSPS) is 17.9. The predicted molar refractivity (Wildman–Crippen MR) is 108 cm³/mol. The van der Waals surface area contributed by atoms with Crippen molar-refractivity contribution in [2.24, 2.45) is 11.8 Å². The molecule has 0 radical (unpaired) electrons. The minimum absolute atomic E-state index is 0.0824. The minimum Gasteiger partial charge on any atom is -0.356 e. The lowest BCUT2D eigenvalue weighted by Gasteiger charge is -2.22. The predicted octanol–water partition coefficient (Wildman–Crippen LogP) is 0.637. The van der Waals surface area contributed by atoms with E-state index < -0.39 is 23.9 Å². The fraction of sp³-hybridized carbons (Fsp3) is 0.500. The summed E-state index contributed by atoms with van der Waals surface area (Å²) in [6.07, 6.45) is 4.41. The number of imidazole rings is 1. The van der Waals surface area contributed by atoms with Gasteiger partial charge < -0.3 is 20.9 Å². The lowest BCUT2D eigenvalue weighted by molar-refractivity contribution is -0.125. The molecule has 3 amide bonds. The Morgan fingerprint density at radius 1 is 1.37 bits per heavy atom. The molecule has 0 aromatic carbocycles. The van der Waals surface area contributed by atoms with Crippen LogP contribution in [0.3, 0.4) is 0 Å². The number of aromatic nitrogens is 3. The van der Waals surface area contributed by atoms with Crippen molar-refractivity contribution in [2.75, 3.05) is 6.54 Å². The van der Waals surface area contributed by atoms with E-state index in [0.717, 1.165) is 0 Å². The molecule has 1 aliphatic rings. The summed E-state index contributed by atoms with van der Waals surface area (Å²) in [5.74, 6) is -1.16. The van der Waals surface area contributed by atoms with Gasteiger partial charge in [0.2, 0.25) is 11.8 Å². The fourth-order valence-electron chi connectivity index (χ4n) is 3.46. The quantitative estimate of drug-likeness (QED) is 0.500. The molecule has 3 heterocycles. The zero-order valence-corrected chi connectivity index (χ0v) is 16.9. The van der Waals surface area contributed by atoms with Crippen LogP contribution in [-0.2, 0) is 9.59 Å². The maximum absolute atomic E-state index is 12.8. The molecule has 4 N–H and O–H groups in total. The highest BCUT2D eigenvalue weighted by Gasteiger charge is 2.30. The van der Waals surface area contributed by atoms with Gasteiger partial charge in [0.1, 0.15) is 12.1 Å². The lowest BCUT2D eigenvalue weighted by atomic mass is 9.98. The number of carbonyl (C=O) groups is 3. The molecule has 0 spiro atoms. The van der Waals surface area contributed by atoms with Crippen LogP contribution < -0.4 is 16.0 Å². The SMILES string of the molecule is CC(C)C[C@H](NC(=O)c1nc2ccncc2[nH]1)C(=O)N[C@H](C#N)C[C@@H]1CCNC1=O. The van der Waals surface area contributed by atoms with Gasteiger partial charge in [0.15, 0.2) is 5.82 Å². The summed E-state index contributed by atoms with van der Waals surface area (Å²) in [6, 6.07) is 2.07. The number of hydrogen-bond donors (Lipinski definition) is 4. The summed E-state index contributed by atoms with van der Waals surface area (Å²) in [7, 11) is 0. The molecule has 2 aromatic rings. The largest absolute Gasteiger partial charge is 0.356 e. The number of hydrogen-bond acceptors (Lipinski definition) is 6. The Bertz CT molecular complexity index is 945. The summed E-state index contributed by atoms with van der Waals surface area (Å²) in [4.78, 5) is 48.3. The Balaban J connectivity index is 1.67. The molecule has 0 aliphatic carbocycles. The molecule has 0 unspecified atom stereocenters. The van der Waals surface area contributed by atoms with Crippen molar-refractivity contribution in [1.82, 2.24) is 30.9 Å². The van der Waals surface area contributed by atoms with E-state index >= 15 is 0 Å². The van der Waals surface area contributed by atoms with Gasteiger partial charge in [-0.05, 0) is 31.2 Å². The third kappa shape index (κ3) is 5.11. The van der Waals surface area contributed by atoms with E-state index in [1.165, 1.54) is 0 Å². The molecule has 3 rings (SSSR count). The summed E-state index contributed by atoms with van der Waals surface area (Å²) in [6.45, 7) is 4.45. The van der Waals surface area contributed by atoms with Gasteiger partial charge in [-0.15, -0.1) is 0 Å². The van der Waals surface area contributed by atoms with Gasteiger partial charge >= 0.3 is 0 Å². The second-order valence-corrected chi connectivity index (χ2v) is 7.84. The van der Waals surface area contributed by atoms with Crippen LogP contribution in [0.1, 0.15) is 43.7 Å². The zero-order chi connectivity index (χ0) is 21.7. The Hall–Kier alpha value is -3.48. The van der Waals surface area contributed by atoms with Crippen molar-refractivity contribution in [1.29, 1.82) is 5.26 Å². The molecule has 10 nitrogen and oxygen atoms in total. The van der Waals surface area contributed by atoms with Crippen LogP contribution in [0.4, 0.5) is 0 Å². The molecule has 2 aromatic heterocycles. The zero-order valence-electron chi connectivity index (χ0n) is 16.9.